The van der Waals surface area contributed by atoms with Gasteiger partial charge in [0.1, 0.15) is 11.5 Å². The van der Waals surface area contributed by atoms with Crippen LogP contribution in [0.1, 0.15) is 11.1 Å². The van der Waals surface area contributed by atoms with Crippen molar-refractivity contribution in [1.82, 2.24) is 4.90 Å². The number of carbonyl (C=O) groups excluding carboxylic acids is 1. The van der Waals surface area contributed by atoms with Gasteiger partial charge in [-0.1, -0.05) is 18.2 Å². The Hall–Kier alpha value is -2.83. The third-order valence-corrected chi connectivity index (χ3v) is 5.14. The van der Waals surface area contributed by atoms with Gasteiger partial charge in [0, 0.05) is 29.8 Å². The van der Waals surface area contributed by atoms with Gasteiger partial charge in [0.2, 0.25) is 0 Å². The van der Waals surface area contributed by atoms with Crippen LogP contribution in [0.15, 0.2) is 42.5 Å². The summed E-state index contributed by atoms with van der Waals surface area (Å²) in [4.78, 5) is 17.4. The average Bonchev–Trinajstić information content (AvgIpc) is 3.00. The fourth-order valence-electron chi connectivity index (χ4n) is 3.64. The number of carbonyl (C=O) groups is 1. The third-order valence-electron chi connectivity index (χ3n) is 5.14. The molecule has 0 spiro atoms. The second kappa shape index (κ2) is 8.04. The molecule has 4 rings (SSSR count). The zero-order valence-electron chi connectivity index (χ0n) is 16.2. The number of anilines is 1. The van der Waals surface area contributed by atoms with Gasteiger partial charge in [0.05, 0.1) is 39.8 Å². The average molecular weight is 380 g/mol. The van der Waals surface area contributed by atoms with Gasteiger partial charge in [-0.05, 0) is 30.3 Å². The van der Waals surface area contributed by atoms with Gasteiger partial charge in [0.15, 0.2) is 0 Å². The van der Waals surface area contributed by atoms with Gasteiger partial charge < -0.3 is 14.2 Å². The molecule has 0 bridgehead atoms. The molecule has 146 valence electrons. The molecule has 0 unspecified atom stereocenters. The highest BCUT2D eigenvalue weighted by Crippen LogP contribution is 2.39. The molecule has 0 aromatic heterocycles. The first-order valence-corrected chi connectivity index (χ1v) is 9.36. The topological polar surface area (TPSA) is 51.2 Å². The van der Waals surface area contributed by atoms with Crippen molar-refractivity contribution in [2.24, 2.45) is 0 Å². The first-order valence-electron chi connectivity index (χ1n) is 9.36. The Bertz CT molecular complexity index is 903. The summed E-state index contributed by atoms with van der Waals surface area (Å²) in [5.41, 5.74) is 3.35. The highest BCUT2D eigenvalue weighted by Gasteiger charge is 2.33. The van der Waals surface area contributed by atoms with Crippen molar-refractivity contribution in [1.29, 1.82) is 0 Å². The number of hydrogen-bond acceptors (Lipinski definition) is 5. The molecule has 2 aromatic rings. The van der Waals surface area contributed by atoms with E-state index in [1.807, 2.05) is 53.4 Å². The molecule has 2 aliphatic rings. The van der Waals surface area contributed by atoms with Crippen LogP contribution in [-0.2, 0) is 9.53 Å². The molecular weight excluding hydrogens is 356 g/mol. The number of nitrogens with zero attached hydrogens (tertiary/aromatic N) is 2. The predicted octanol–water partition coefficient (Wildman–Crippen LogP) is 2.88. The summed E-state index contributed by atoms with van der Waals surface area (Å²) in [6.07, 6.45) is 1.89. The van der Waals surface area contributed by atoms with Crippen LogP contribution in [0.2, 0.25) is 0 Å². The van der Waals surface area contributed by atoms with Crippen LogP contribution in [0.4, 0.5) is 5.69 Å². The second-order valence-electron chi connectivity index (χ2n) is 6.79. The molecule has 1 fully saturated rings. The number of methoxy groups -OCH3 is 2. The Balaban J connectivity index is 1.72. The molecule has 0 radical (unpaired) electrons. The Morgan fingerprint density at radius 3 is 2.61 bits per heavy atom. The van der Waals surface area contributed by atoms with Crippen LogP contribution in [0.5, 0.6) is 11.5 Å². The lowest BCUT2D eigenvalue weighted by Crippen LogP contribution is -2.45. The molecule has 2 aromatic carbocycles. The standard InChI is InChI=1S/C22H24N2O4/c1-26-17-7-8-21(27-2)16(13-17)14-19-18-5-3-4-6-20(18)24(22(19)25)15-23-9-11-28-12-10-23/h3-8,13-14H,9-12,15H2,1-2H3. The first-order chi connectivity index (χ1) is 13.7. The highest BCUT2D eigenvalue weighted by atomic mass is 16.5. The van der Waals surface area contributed by atoms with Crippen molar-refractivity contribution in [2.45, 2.75) is 0 Å². The second-order valence-corrected chi connectivity index (χ2v) is 6.79. The highest BCUT2D eigenvalue weighted by molar-refractivity contribution is 6.35. The van der Waals surface area contributed by atoms with Gasteiger partial charge >= 0.3 is 0 Å². The molecule has 6 nitrogen and oxygen atoms in total. The molecule has 6 heteroatoms. The molecule has 0 aliphatic carbocycles. The molecule has 1 amide bonds. The lowest BCUT2D eigenvalue weighted by atomic mass is 10.0. The van der Waals surface area contributed by atoms with E-state index in [-0.39, 0.29) is 5.91 Å². The van der Waals surface area contributed by atoms with Crippen LogP contribution in [0, 0.1) is 0 Å². The van der Waals surface area contributed by atoms with Crippen LogP contribution >= 0.6 is 0 Å². The predicted molar refractivity (Wildman–Crippen MR) is 109 cm³/mol. The lowest BCUT2D eigenvalue weighted by molar-refractivity contribution is -0.113. The van der Waals surface area contributed by atoms with Crippen LogP contribution < -0.4 is 14.4 Å². The summed E-state index contributed by atoms with van der Waals surface area (Å²) in [6, 6.07) is 13.5. The Morgan fingerprint density at radius 1 is 1.07 bits per heavy atom. The van der Waals surface area contributed by atoms with Crippen LogP contribution in [0.3, 0.4) is 0 Å². The number of ether oxygens (including phenoxy) is 3. The minimum atomic E-state index is -0.00225. The van der Waals surface area contributed by atoms with E-state index in [1.165, 1.54) is 0 Å². The molecular formula is C22H24N2O4. The van der Waals surface area contributed by atoms with Crippen molar-refractivity contribution >= 4 is 23.2 Å². The Labute approximate surface area is 164 Å². The van der Waals surface area contributed by atoms with E-state index in [1.54, 1.807) is 14.2 Å². The molecule has 2 heterocycles. The van der Waals surface area contributed by atoms with E-state index in [4.69, 9.17) is 14.2 Å². The van der Waals surface area contributed by atoms with E-state index in [9.17, 15) is 4.79 Å². The molecule has 2 aliphatic heterocycles. The third kappa shape index (κ3) is 3.48. The van der Waals surface area contributed by atoms with Gasteiger partial charge in [-0.15, -0.1) is 0 Å². The fourth-order valence-corrected chi connectivity index (χ4v) is 3.64. The summed E-state index contributed by atoms with van der Waals surface area (Å²) in [7, 11) is 3.25. The summed E-state index contributed by atoms with van der Waals surface area (Å²) in [5.74, 6) is 1.42. The van der Waals surface area contributed by atoms with Crippen molar-refractivity contribution < 1.29 is 19.0 Å². The molecule has 1 saturated heterocycles. The summed E-state index contributed by atoms with van der Waals surface area (Å²) in [6.45, 7) is 3.62. The van der Waals surface area contributed by atoms with E-state index in [0.29, 0.717) is 31.2 Å². The van der Waals surface area contributed by atoms with Crippen molar-refractivity contribution in [2.75, 3.05) is 52.1 Å². The summed E-state index contributed by atoms with van der Waals surface area (Å²) in [5, 5.41) is 0. The molecule has 0 N–H and O–H groups in total. The molecule has 0 saturated carbocycles. The first kappa shape index (κ1) is 18.5. The zero-order chi connectivity index (χ0) is 19.5. The largest absolute Gasteiger partial charge is 0.497 e. The number of para-hydroxylation sites is 1. The van der Waals surface area contributed by atoms with Gasteiger partial charge in [-0.25, -0.2) is 0 Å². The number of amides is 1. The number of rotatable bonds is 5. The monoisotopic (exact) mass is 380 g/mol. The van der Waals surface area contributed by atoms with E-state index in [0.717, 1.165) is 35.7 Å². The minimum Gasteiger partial charge on any atom is -0.497 e. The van der Waals surface area contributed by atoms with Gasteiger partial charge in [0.25, 0.3) is 5.91 Å². The SMILES string of the molecule is COc1ccc(OC)c(C=C2C(=O)N(CN3CCOCC3)c3ccccc32)c1. The fraction of sp³-hybridized carbons (Fsp3) is 0.318. The lowest BCUT2D eigenvalue weighted by Gasteiger charge is -2.30. The molecule has 28 heavy (non-hydrogen) atoms. The zero-order valence-corrected chi connectivity index (χ0v) is 16.2. The van der Waals surface area contributed by atoms with Crippen molar-refractivity contribution in [3.63, 3.8) is 0 Å². The van der Waals surface area contributed by atoms with Gasteiger partial charge in [-0.2, -0.15) is 0 Å². The van der Waals surface area contributed by atoms with E-state index in [2.05, 4.69) is 4.90 Å². The summed E-state index contributed by atoms with van der Waals surface area (Å²) >= 11 is 0. The summed E-state index contributed by atoms with van der Waals surface area (Å²) < 4.78 is 16.2. The minimum absolute atomic E-state index is 0.00225. The van der Waals surface area contributed by atoms with Crippen molar-refractivity contribution in [3.05, 3.63) is 53.6 Å². The number of fused-ring (bicyclic) bond motifs is 1. The van der Waals surface area contributed by atoms with E-state index < -0.39 is 0 Å². The Kier molecular flexibility index (Phi) is 5.32. The van der Waals surface area contributed by atoms with Crippen molar-refractivity contribution in [3.8, 4) is 11.5 Å². The normalized spacial score (nSPS) is 18.4. The Morgan fingerprint density at radius 2 is 1.86 bits per heavy atom. The molecule has 0 atom stereocenters. The number of morpholine rings is 1. The maximum Gasteiger partial charge on any atom is 0.260 e. The maximum absolute atomic E-state index is 13.3. The van der Waals surface area contributed by atoms with E-state index >= 15 is 0 Å². The number of benzene rings is 2. The quantitative estimate of drug-likeness (QED) is 0.747. The van der Waals surface area contributed by atoms with Crippen LogP contribution in [0.25, 0.3) is 11.6 Å². The number of hydrogen-bond donors (Lipinski definition) is 0. The smallest absolute Gasteiger partial charge is 0.260 e. The maximum atomic E-state index is 13.3. The van der Waals surface area contributed by atoms with Gasteiger partial charge in [-0.3, -0.25) is 14.6 Å². The van der Waals surface area contributed by atoms with Crippen LogP contribution in [-0.4, -0.2) is 58.0 Å².